The van der Waals surface area contributed by atoms with E-state index in [2.05, 4.69) is 4.98 Å². The fourth-order valence-corrected chi connectivity index (χ4v) is 1.84. The van der Waals surface area contributed by atoms with E-state index in [0.717, 1.165) is 6.20 Å². The Balaban J connectivity index is 2.40. The van der Waals surface area contributed by atoms with Crippen molar-refractivity contribution in [1.29, 1.82) is 0 Å². The van der Waals surface area contributed by atoms with Crippen LogP contribution in [-0.2, 0) is 0 Å². The summed E-state index contributed by atoms with van der Waals surface area (Å²) in [6, 6.07) is 8.52. The van der Waals surface area contributed by atoms with Gasteiger partial charge in [-0.15, -0.1) is 0 Å². The Morgan fingerprint density at radius 3 is 2.48 bits per heavy atom. The van der Waals surface area contributed by atoms with E-state index in [1.165, 1.54) is 43.5 Å². The summed E-state index contributed by atoms with van der Waals surface area (Å²) in [5.74, 6) is -0.464. The zero-order valence-corrected chi connectivity index (χ0v) is 11.1. The smallest absolute Gasteiger partial charge is 0.429 e. The van der Waals surface area contributed by atoms with Crippen molar-refractivity contribution in [1.82, 2.24) is 4.98 Å². The second kappa shape index (κ2) is 5.95. The SMILES string of the molecule is CC(=O)c1ccccc1OC(c1cccnc1)C(F)(F)F. The molecule has 1 atom stereocenters. The first-order chi connectivity index (χ1) is 9.89. The molecule has 1 unspecified atom stereocenters. The summed E-state index contributed by atoms with van der Waals surface area (Å²) in [4.78, 5) is 15.1. The molecule has 0 bridgehead atoms. The van der Waals surface area contributed by atoms with Crippen LogP contribution in [0.5, 0.6) is 5.75 Å². The lowest BCUT2D eigenvalue weighted by molar-refractivity contribution is -0.198. The number of ether oxygens (including phenoxy) is 1. The molecule has 1 aromatic carbocycles. The van der Waals surface area contributed by atoms with Crippen LogP contribution in [0.3, 0.4) is 0 Å². The molecule has 0 radical (unpaired) electrons. The predicted octanol–water partition coefficient (Wildman–Crippen LogP) is 3.97. The van der Waals surface area contributed by atoms with E-state index in [-0.39, 0.29) is 22.7 Å². The maximum Gasteiger partial charge on any atom is 0.429 e. The predicted molar refractivity (Wildman–Crippen MR) is 70.1 cm³/mol. The van der Waals surface area contributed by atoms with Gasteiger partial charge in [0.25, 0.3) is 0 Å². The highest BCUT2D eigenvalue weighted by molar-refractivity contribution is 5.96. The standard InChI is InChI=1S/C15H12F3NO2/c1-10(20)12-6-2-3-7-13(12)21-14(15(16,17)18)11-5-4-8-19-9-11/h2-9,14H,1H3. The number of Topliss-reactive ketones (excluding diaryl/α,β-unsaturated/α-hetero) is 1. The van der Waals surface area contributed by atoms with Gasteiger partial charge in [-0.25, -0.2) is 0 Å². The van der Waals surface area contributed by atoms with E-state index in [1.54, 1.807) is 6.07 Å². The summed E-state index contributed by atoms with van der Waals surface area (Å²) in [5, 5.41) is 0. The van der Waals surface area contributed by atoms with Crippen LogP contribution < -0.4 is 4.74 Å². The molecule has 0 fully saturated rings. The van der Waals surface area contributed by atoms with Crippen molar-refractivity contribution in [3.8, 4) is 5.75 Å². The molecule has 0 aliphatic rings. The number of aromatic nitrogens is 1. The fourth-order valence-electron chi connectivity index (χ4n) is 1.84. The highest BCUT2D eigenvalue weighted by Gasteiger charge is 2.43. The van der Waals surface area contributed by atoms with Crippen LogP contribution >= 0.6 is 0 Å². The highest BCUT2D eigenvalue weighted by Crippen LogP contribution is 2.37. The van der Waals surface area contributed by atoms with E-state index in [9.17, 15) is 18.0 Å². The summed E-state index contributed by atoms with van der Waals surface area (Å²) >= 11 is 0. The lowest BCUT2D eigenvalue weighted by Gasteiger charge is -2.22. The monoisotopic (exact) mass is 295 g/mol. The van der Waals surface area contributed by atoms with Gasteiger partial charge in [0, 0.05) is 18.0 Å². The van der Waals surface area contributed by atoms with Crippen LogP contribution in [0, 0.1) is 0 Å². The molecular weight excluding hydrogens is 283 g/mol. The molecule has 2 rings (SSSR count). The molecule has 0 aliphatic heterocycles. The second-order valence-corrected chi connectivity index (χ2v) is 4.38. The summed E-state index contributed by atoms with van der Waals surface area (Å²) < 4.78 is 44.6. The molecule has 0 spiro atoms. The Hall–Kier alpha value is -2.37. The number of carbonyl (C=O) groups excluding carboxylic acids is 1. The highest BCUT2D eigenvalue weighted by atomic mass is 19.4. The first kappa shape index (κ1) is 15.0. The number of nitrogens with zero attached hydrogens (tertiary/aromatic N) is 1. The Morgan fingerprint density at radius 2 is 1.90 bits per heavy atom. The molecule has 110 valence electrons. The van der Waals surface area contributed by atoms with Crippen molar-refractivity contribution in [3.05, 3.63) is 59.9 Å². The second-order valence-electron chi connectivity index (χ2n) is 4.38. The number of rotatable bonds is 4. The van der Waals surface area contributed by atoms with Crippen LogP contribution in [-0.4, -0.2) is 16.9 Å². The van der Waals surface area contributed by atoms with E-state index in [4.69, 9.17) is 4.74 Å². The van der Waals surface area contributed by atoms with Crippen molar-refractivity contribution in [3.63, 3.8) is 0 Å². The quantitative estimate of drug-likeness (QED) is 0.801. The van der Waals surface area contributed by atoms with Crippen molar-refractivity contribution in [2.24, 2.45) is 0 Å². The van der Waals surface area contributed by atoms with Gasteiger partial charge in [-0.2, -0.15) is 13.2 Å². The topological polar surface area (TPSA) is 39.2 Å². The number of carbonyl (C=O) groups is 1. The summed E-state index contributed by atoms with van der Waals surface area (Å²) in [5.41, 5.74) is -0.0148. The number of alkyl halides is 3. The lowest BCUT2D eigenvalue weighted by atomic mass is 10.1. The number of para-hydroxylation sites is 1. The lowest BCUT2D eigenvalue weighted by Crippen LogP contribution is -2.26. The molecule has 0 aliphatic carbocycles. The molecular formula is C15H12F3NO2. The van der Waals surface area contributed by atoms with Gasteiger partial charge < -0.3 is 4.74 Å². The average molecular weight is 295 g/mol. The van der Waals surface area contributed by atoms with Crippen molar-refractivity contribution < 1.29 is 22.7 Å². The summed E-state index contributed by atoms with van der Waals surface area (Å²) in [6.45, 7) is 1.27. The third-order valence-electron chi connectivity index (χ3n) is 2.80. The van der Waals surface area contributed by atoms with Gasteiger partial charge in [-0.3, -0.25) is 9.78 Å². The summed E-state index contributed by atoms with van der Waals surface area (Å²) in [6.07, 6.45) is -4.33. The number of hydrogen-bond acceptors (Lipinski definition) is 3. The van der Waals surface area contributed by atoms with E-state index in [0.29, 0.717) is 0 Å². The third-order valence-corrected chi connectivity index (χ3v) is 2.80. The van der Waals surface area contributed by atoms with Gasteiger partial charge in [-0.05, 0) is 25.1 Å². The van der Waals surface area contributed by atoms with Crippen LogP contribution in [0.4, 0.5) is 13.2 Å². The van der Waals surface area contributed by atoms with E-state index >= 15 is 0 Å². The Kier molecular flexibility index (Phi) is 4.26. The van der Waals surface area contributed by atoms with Crippen molar-refractivity contribution in [2.75, 3.05) is 0 Å². The molecule has 1 aromatic heterocycles. The molecule has 3 nitrogen and oxygen atoms in total. The first-order valence-electron chi connectivity index (χ1n) is 6.13. The molecule has 1 heterocycles. The minimum absolute atomic E-state index is 0.101. The van der Waals surface area contributed by atoms with Gasteiger partial charge in [-0.1, -0.05) is 18.2 Å². The first-order valence-corrected chi connectivity index (χ1v) is 6.13. The van der Waals surface area contributed by atoms with Crippen LogP contribution in [0.25, 0.3) is 0 Å². The minimum atomic E-state index is -4.62. The van der Waals surface area contributed by atoms with Gasteiger partial charge in [0.15, 0.2) is 5.78 Å². The zero-order valence-electron chi connectivity index (χ0n) is 11.1. The maximum absolute atomic E-state index is 13.2. The minimum Gasteiger partial charge on any atom is -0.475 e. The number of ketones is 1. The van der Waals surface area contributed by atoms with E-state index in [1.807, 2.05) is 0 Å². The molecule has 0 saturated heterocycles. The van der Waals surface area contributed by atoms with E-state index < -0.39 is 12.3 Å². The normalized spacial score (nSPS) is 12.8. The molecule has 2 aromatic rings. The van der Waals surface area contributed by atoms with Crippen molar-refractivity contribution >= 4 is 5.78 Å². The molecule has 6 heteroatoms. The number of pyridine rings is 1. The van der Waals surface area contributed by atoms with Gasteiger partial charge in [0.2, 0.25) is 6.10 Å². The van der Waals surface area contributed by atoms with Crippen molar-refractivity contribution in [2.45, 2.75) is 19.2 Å². The molecule has 0 saturated carbocycles. The summed E-state index contributed by atoms with van der Waals surface area (Å²) in [7, 11) is 0. The Bertz CT molecular complexity index is 626. The third kappa shape index (κ3) is 3.59. The maximum atomic E-state index is 13.2. The van der Waals surface area contributed by atoms with Crippen LogP contribution in [0.1, 0.15) is 28.9 Å². The van der Waals surface area contributed by atoms with Gasteiger partial charge >= 0.3 is 6.18 Å². The Morgan fingerprint density at radius 1 is 1.19 bits per heavy atom. The molecule has 0 amide bonds. The average Bonchev–Trinajstić information content (AvgIpc) is 2.44. The molecule has 0 N–H and O–H groups in total. The zero-order chi connectivity index (χ0) is 15.5. The van der Waals surface area contributed by atoms with Gasteiger partial charge in [0.05, 0.1) is 5.56 Å². The Labute approximate surface area is 119 Å². The number of hydrogen-bond donors (Lipinski definition) is 0. The van der Waals surface area contributed by atoms with Gasteiger partial charge in [0.1, 0.15) is 5.75 Å². The molecule has 21 heavy (non-hydrogen) atoms. The van der Waals surface area contributed by atoms with Crippen LogP contribution in [0.2, 0.25) is 0 Å². The number of halogens is 3. The largest absolute Gasteiger partial charge is 0.475 e. The van der Waals surface area contributed by atoms with Crippen LogP contribution in [0.15, 0.2) is 48.8 Å². The number of benzene rings is 1. The fraction of sp³-hybridized carbons (Fsp3) is 0.200.